The summed E-state index contributed by atoms with van der Waals surface area (Å²) < 4.78 is 29.3. The molecular formula is C78H108Br4N20O13. The maximum Gasteiger partial charge on any atom is 0.331 e. The van der Waals surface area contributed by atoms with Crippen LogP contribution in [0.1, 0.15) is 108 Å². The molecule has 0 atom stereocenters. The molecule has 7 aliphatic heterocycles. The number of carbonyl (C=O) groups is 7. The summed E-state index contributed by atoms with van der Waals surface area (Å²) in [5, 5.41) is 20.6. The fraction of sp³-hybridized carbons (Fsp3) is 0.474. The van der Waals surface area contributed by atoms with Gasteiger partial charge in [0.1, 0.15) is 40.5 Å². The van der Waals surface area contributed by atoms with E-state index in [9.17, 15) is 33.6 Å². The van der Waals surface area contributed by atoms with Gasteiger partial charge < -0.3 is 66.0 Å². The smallest absolute Gasteiger partial charge is 0.331 e. The maximum absolute atomic E-state index is 12.3. The normalized spacial score (nSPS) is 16.3. The summed E-state index contributed by atoms with van der Waals surface area (Å²) in [6.45, 7) is 29.4. The van der Waals surface area contributed by atoms with Crippen molar-refractivity contribution in [3.8, 4) is 0 Å². The molecule has 7 aliphatic rings. The van der Waals surface area contributed by atoms with Gasteiger partial charge in [0.25, 0.3) is 0 Å². The molecule has 0 aromatic carbocycles. The Morgan fingerprint density at radius 2 is 0.904 bits per heavy atom. The number of morpholine rings is 4. The number of anilines is 6. The van der Waals surface area contributed by atoms with Gasteiger partial charge in [-0.15, -0.1) is 17.0 Å². The number of nitrogens with zero attached hydrogens (tertiary/aromatic N) is 13. The van der Waals surface area contributed by atoms with Crippen molar-refractivity contribution >= 4 is 154 Å². The summed E-state index contributed by atoms with van der Waals surface area (Å²) >= 11 is 9.98. The first kappa shape index (κ1) is 95.3. The van der Waals surface area contributed by atoms with Crippen LogP contribution in [0.4, 0.5) is 49.3 Å². The van der Waals surface area contributed by atoms with Crippen molar-refractivity contribution < 1.29 is 62.4 Å². The summed E-state index contributed by atoms with van der Waals surface area (Å²) in [7, 11) is 0. The lowest BCUT2D eigenvalue weighted by molar-refractivity contribution is -0.148. The molecule has 37 heteroatoms. The predicted octanol–water partition coefficient (Wildman–Crippen LogP) is 9.84. The van der Waals surface area contributed by atoms with Crippen molar-refractivity contribution in [3.63, 3.8) is 0 Å². The molecule has 0 spiro atoms. The molecule has 0 aliphatic carbocycles. The number of esters is 1. The van der Waals surface area contributed by atoms with Crippen molar-refractivity contribution in [2.24, 2.45) is 0 Å². The molecule has 6 amide bonds. The van der Waals surface area contributed by atoms with E-state index in [1.54, 1.807) is 71.3 Å². The Labute approximate surface area is 707 Å². The number of ether oxygens (including phenoxy) is 5. The number of carbonyl (C=O) groups excluding carboxylic acids is 6. The van der Waals surface area contributed by atoms with Crippen LogP contribution in [0.2, 0.25) is 0 Å². The highest BCUT2D eigenvalue weighted by molar-refractivity contribution is 9.11. The van der Waals surface area contributed by atoms with E-state index in [1.807, 2.05) is 49.9 Å². The van der Waals surface area contributed by atoms with Gasteiger partial charge in [-0.05, 0) is 173 Å². The predicted molar refractivity (Wildman–Crippen MR) is 459 cm³/mol. The molecule has 11 N–H and O–H groups in total. The maximum atomic E-state index is 12.3. The van der Waals surface area contributed by atoms with Crippen molar-refractivity contribution in [2.75, 3.05) is 191 Å². The third-order valence-electron chi connectivity index (χ3n) is 18.0. The fourth-order valence-corrected chi connectivity index (χ4v) is 13.2. The van der Waals surface area contributed by atoms with Gasteiger partial charge in [-0.2, -0.15) is 0 Å². The van der Waals surface area contributed by atoms with Crippen molar-refractivity contribution in [3.05, 3.63) is 150 Å². The van der Waals surface area contributed by atoms with Crippen molar-refractivity contribution in [1.29, 1.82) is 0 Å². The molecule has 0 radical (unpaired) electrons. The van der Waals surface area contributed by atoms with Gasteiger partial charge in [0.2, 0.25) is 0 Å². The number of aldehydes is 2. The molecule has 4 saturated heterocycles. The van der Waals surface area contributed by atoms with Gasteiger partial charge in [0.15, 0.2) is 12.6 Å². The number of carboxylic acid groups (broad SMARTS) is 1. The second-order valence-corrected chi connectivity index (χ2v) is 30.5. The summed E-state index contributed by atoms with van der Waals surface area (Å²) in [5.74, 6) is 1.54. The lowest BCUT2D eigenvalue weighted by Crippen LogP contribution is -2.42. The second-order valence-electron chi connectivity index (χ2n) is 27.8. The summed E-state index contributed by atoms with van der Waals surface area (Å²) in [6.07, 6.45) is 20.6. The molecule has 13 rings (SSSR count). The van der Waals surface area contributed by atoms with Gasteiger partial charge in [0, 0.05) is 183 Å². The second kappa shape index (κ2) is 50.8. The van der Waals surface area contributed by atoms with Gasteiger partial charge in [-0.25, -0.2) is 53.9 Å². The average Bonchev–Trinajstić information content (AvgIpc) is 0.819. The number of hydrogen-bond acceptors (Lipinski definition) is 26. The standard InChI is InChI=1S/C21H30N4O4.C17H22N4O4.C14H19BrN4O2.C13H21BrN4O.C6H5BrN2O.C6H6N2O.CH4.BrH/c1-21(2,3)29-18(26)6-5-16-13-17-15-25(20(27)23-19(17)22-14-16)8-4-7-24-9-11-28-12-10-24;22-15(23)3-2-13-10-14-12-21(17(24)19-16(14)18-11-13)5-1-4-20-6-8-25-9-7-20;15-12-8-11-10-19(14(20)17-13(11)16-9-12)3-1-2-18-4-6-21-7-5-18;14-12-8-11(13(15)17-10-12)9-16-2-1-3-18-4-6-19-7-5-18;7-5-1-4(3-10)6(8)9-2-5;7-6-5(4-9)2-1-3-8-6;;/h5-6,13-14H,4,7-12,15H2,1-3H3,(H,22,23,27);2-3,10-11H,1,4-9,12H2,(H,22,23)(H,18,19,24);8-9H,1-7,10H2,(H,16,17,20);8,10,16H,1-7,9H2,(H2,15,17);1-3H,(H2,8,9);1-4H,(H2,7,8);1H4;1H/b6-5+;3-2+;;;;;;. The highest BCUT2D eigenvalue weighted by atomic mass is 79.9. The molecule has 0 unspecified atom stereocenters. The molecule has 6 aromatic rings. The van der Waals surface area contributed by atoms with Crippen LogP contribution in [0.25, 0.3) is 12.2 Å². The number of nitrogens with one attached hydrogen (secondary N) is 4. The van der Waals surface area contributed by atoms with E-state index in [4.69, 9.17) is 46.0 Å². The number of aromatic nitrogens is 6. The largest absolute Gasteiger partial charge is 0.478 e. The van der Waals surface area contributed by atoms with Gasteiger partial charge in [-0.3, -0.25) is 45.1 Å². The molecule has 33 nitrogen and oxygen atoms in total. The summed E-state index contributed by atoms with van der Waals surface area (Å²) in [4.78, 5) is 119. The average molecular weight is 1850 g/mol. The highest BCUT2D eigenvalue weighted by Gasteiger charge is 2.28. The third kappa shape index (κ3) is 34.6. The number of nitrogen functional groups attached to an aromatic ring is 3. The SMILES string of the molecule is Br.C.CC(C)(C)OC(=O)/C=C/c1cnc2c(c1)CN(CCCN1CCOCC1)C(=O)N2.Nc1ncc(Br)cc1C=O.Nc1ncc(Br)cc1CNCCCN1CCOCC1.Nc1ncccc1C=O.O=C(O)/C=C/c1cnc2c(c1)CN(CCCN1CCOCC1)C(=O)N2.O=C1Nc2ncc(Br)cc2CN1CCCN1CCOCC1. The van der Waals surface area contributed by atoms with Gasteiger partial charge in [0.05, 0.1) is 83.6 Å². The van der Waals surface area contributed by atoms with E-state index in [2.05, 4.69) is 119 Å². The zero-order valence-corrected chi connectivity index (χ0v) is 71.0. The molecule has 6 aromatic heterocycles. The number of nitrogens with two attached hydrogens (primary N) is 3. The minimum absolute atomic E-state index is 0. The number of amides is 6. The van der Waals surface area contributed by atoms with Crippen LogP contribution < -0.4 is 38.5 Å². The Kier molecular flexibility index (Phi) is 42.1. The Morgan fingerprint density at radius 1 is 0.522 bits per heavy atom. The Hall–Kier alpha value is -8.57. The molecule has 626 valence electrons. The van der Waals surface area contributed by atoms with Crippen LogP contribution in [-0.4, -0.2) is 275 Å². The minimum atomic E-state index is -1.00. The van der Waals surface area contributed by atoms with Crippen molar-refractivity contribution in [2.45, 2.75) is 85.7 Å². The number of fused-ring (bicyclic) bond motifs is 3. The first-order valence-electron chi connectivity index (χ1n) is 37.4. The van der Waals surface area contributed by atoms with E-state index in [0.717, 1.165) is 224 Å². The number of rotatable bonds is 24. The van der Waals surface area contributed by atoms with Crippen LogP contribution in [0.3, 0.4) is 0 Å². The zero-order chi connectivity index (χ0) is 80.9. The van der Waals surface area contributed by atoms with E-state index in [-0.39, 0.29) is 54.1 Å². The number of carboxylic acids is 1. The number of aliphatic carboxylic acids is 1. The summed E-state index contributed by atoms with van der Waals surface area (Å²) in [5.41, 5.74) is 22.2. The van der Waals surface area contributed by atoms with Gasteiger partial charge >= 0.3 is 30.0 Å². The quantitative estimate of drug-likeness (QED) is 0.0121. The first-order chi connectivity index (χ1) is 54.5. The van der Waals surface area contributed by atoms with E-state index in [1.165, 1.54) is 12.2 Å². The Morgan fingerprint density at radius 3 is 1.31 bits per heavy atom. The van der Waals surface area contributed by atoms with E-state index >= 15 is 0 Å². The number of hydrogen-bond donors (Lipinski definition) is 8. The molecule has 0 bridgehead atoms. The zero-order valence-electron chi connectivity index (χ0n) is 64.5. The van der Waals surface area contributed by atoms with E-state index < -0.39 is 17.5 Å². The molecule has 13 heterocycles. The van der Waals surface area contributed by atoms with Crippen molar-refractivity contribution in [1.82, 2.24) is 69.5 Å². The molecular weight excluding hydrogens is 1740 g/mol. The lowest BCUT2D eigenvalue weighted by atomic mass is 10.1. The van der Waals surface area contributed by atoms with E-state index in [0.29, 0.717) is 85.3 Å². The first-order valence-corrected chi connectivity index (χ1v) is 39.8. The Balaban J connectivity index is 0.000000222. The minimum Gasteiger partial charge on any atom is -0.478 e. The van der Waals surface area contributed by atoms with Crippen LogP contribution >= 0.6 is 64.8 Å². The van der Waals surface area contributed by atoms with Crippen LogP contribution in [-0.2, 0) is 59.5 Å². The number of pyridine rings is 6. The monoisotopic (exact) mass is 1850 g/mol. The molecule has 4 fully saturated rings. The molecule has 0 saturated carbocycles. The topological polar surface area (TPSA) is 412 Å². The fourth-order valence-electron chi connectivity index (χ4n) is 12.1. The van der Waals surface area contributed by atoms with Gasteiger partial charge in [-0.1, -0.05) is 7.43 Å². The highest BCUT2D eigenvalue weighted by Crippen LogP contribution is 2.27. The summed E-state index contributed by atoms with van der Waals surface area (Å²) in [6, 6.07) is 12.4. The third-order valence-corrected chi connectivity index (χ3v) is 19.3. The number of halogens is 4. The Bertz CT molecular complexity index is 4150. The van der Waals surface area contributed by atoms with Crippen LogP contribution in [0.15, 0.2) is 105 Å². The number of urea groups is 3. The lowest BCUT2D eigenvalue weighted by Gasteiger charge is -2.31. The van der Waals surface area contributed by atoms with Crippen LogP contribution in [0.5, 0.6) is 0 Å². The van der Waals surface area contributed by atoms with Crippen LogP contribution in [0, 0.1) is 0 Å². The molecule has 115 heavy (non-hydrogen) atoms.